The minimum Gasteiger partial charge on any atom is -0.383 e. The highest BCUT2D eigenvalue weighted by atomic mass is 32.1. The third kappa shape index (κ3) is 4.36. The van der Waals surface area contributed by atoms with Gasteiger partial charge >= 0.3 is 0 Å². The first-order valence-electron chi connectivity index (χ1n) is 10.1. The van der Waals surface area contributed by atoms with Gasteiger partial charge in [0.2, 0.25) is 5.91 Å². The minimum absolute atomic E-state index is 0.0409. The monoisotopic (exact) mass is 426 g/mol. The number of nitrogens with one attached hydrogen (secondary N) is 1. The molecule has 3 heterocycles. The predicted molar refractivity (Wildman–Crippen MR) is 119 cm³/mol. The average molecular weight is 427 g/mol. The maximum absolute atomic E-state index is 12.9. The van der Waals surface area contributed by atoms with Gasteiger partial charge in [0.05, 0.1) is 6.61 Å². The van der Waals surface area contributed by atoms with Crippen LogP contribution >= 0.6 is 11.3 Å². The molecule has 1 amide bonds. The molecule has 3 aromatic rings. The molecule has 1 saturated heterocycles. The van der Waals surface area contributed by atoms with Gasteiger partial charge in [-0.05, 0) is 18.4 Å². The second kappa shape index (κ2) is 9.36. The highest BCUT2D eigenvalue weighted by Gasteiger charge is 2.33. The zero-order valence-electron chi connectivity index (χ0n) is 17.2. The van der Waals surface area contributed by atoms with Crippen molar-refractivity contribution in [3.8, 4) is 0 Å². The van der Waals surface area contributed by atoms with E-state index < -0.39 is 0 Å². The van der Waals surface area contributed by atoms with Crippen molar-refractivity contribution in [2.24, 2.45) is 0 Å². The Labute approximate surface area is 179 Å². The van der Waals surface area contributed by atoms with E-state index in [1.807, 2.05) is 42.3 Å². The molecule has 0 bridgehead atoms. The predicted octanol–water partition coefficient (Wildman–Crippen LogP) is 2.45. The maximum atomic E-state index is 12.9. The fraction of sp³-hybridized carbons (Fsp3) is 0.429. The smallest absolute Gasteiger partial charge is 0.243 e. The molecule has 0 unspecified atom stereocenters. The molecule has 1 fully saturated rings. The third-order valence-corrected chi connectivity index (χ3v) is 6.34. The van der Waals surface area contributed by atoms with Gasteiger partial charge in [0.1, 0.15) is 17.1 Å². The lowest BCUT2D eigenvalue weighted by Crippen LogP contribution is -2.43. The van der Waals surface area contributed by atoms with E-state index in [1.165, 1.54) is 0 Å². The number of amides is 1. The SMILES string of the molecule is COCCN(C)c1ncnc2nc(N3CCC[C@@H]3C(=O)NCc3ccccc3)sc12. The highest BCUT2D eigenvalue weighted by Crippen LogP contribution is 2.36. The van der Waals surface area contributed by atoms with E-state index in [1.54, 1.807) is 24.8 Å². The van der Waals surface area contributed by atoms with Crippen molar-refractivity contribution in [1.82, 2.24) is 20.3 Å². The number of rotatable bonds is 8. The number of benzene rings is 1. The summed E-state index contributed by atoms with van der Waals surface area (Å²) in [6.45, 7) is 2.68. The van der Waals surface area contributed by atoms with Crippen molar-refractivity contribution >= 4 is 38.5 Å². The summed E-state index contributed by atoms with van der Waals surface area (Å²) >= 11 is 1.55. The topological polar surface area (TPSA) is 83.5 Å². The van der Waals surface area contributed by atoms with Crippen molar-refractivity contribution in [3.63, 3.8) is 0 Å². The second-order valence-corrected chi connectivity index (χ2v) is 8.29. The van der Waals surface area contributed by atoms with E-state index in [-0.39, 0.29) is 11.9 Å². The molecule has 8 nitrogen and oxygen atoms in total. The summed E-state index contributed by atoms with van der Waals surface area (Å²) in [5.74, 6) is 0.879. The Morgan fingerprint density at radius 3 is 2.97 bits per heavy atom. The van der Waals surface area contributed by atoms with Gasteiger partial charge < -0.3 is 19.9 Å². The Balaban J connectivity index is 1.51. The van der Waals surface area contributed by atoms with Gasteiger partial charge in [0.25, 0.3) is 0 Å². The normalized spacial score (nSPS) is 16.2. The number of methoxy groups -OCH3 is 1. The summed E-state index contributed by atoms with van der Waals surface area (Å²) in [4.78, 5) is 30.6. The quantitative estimate of drug-likeness (QED) is 0.592. The molecule has 9 heteroatoms. The lowest BCUT2D eigenvalue weighted by molar-refractivity contribution is -0.122. The van der Waals surface area contributed by atoms with Crippen LogP contribution in [0.25, 0.3) is 10.3 Å². The Morgan fingerprint density at radius 1 is 1.33 bits per heavy atom. The molecule has 1 aliphatic rings. The number of carbonyl (C=O) groups is 1. The summed E-state index contributed by atoms with van der Waals surface area (Å²) in [6, 6.07) is 9.75. The van der Waals surface area contributed by atoms with E-state index in [9.17, 15) is 4.79 Å². The van der Waals surface area contributed by atoms with Gasteiger partial charge in [-0.2, -0.15) is 4.98 Å². The number of hydrogen-bond donors (Lipinski definition) is 1. The van der Waals surface area contributed by atoms with Crippen LogP contribution in [0.5, 0.6) is 0 Å². The van der Waals surface area contributed by atoms with Crippen molar-refractivity contribution in [3.05, 3.63) is 42.2 Å². The highest BCUT2D eigenvalue weighted by molar-refractivity contribution is 7.22. The van der Waals surface area contributed by atoms with Gasteiger partial charge in [0, 0.05) is 33.8 Å². The molecule has 1 atom stereocenters. The molecule has 4 rings (SSSR count). The van der Waals surface area contributed by atoms with Crippen LogP contribution in [-0.2, 0) is 16.1 Å². The molecule has 1 aromatic carbocycles. The summed E-state index contributed by atoms with van der Waals surface area (Å²) < 4.78 is 6.11. The lowest BCUT2D eigenvalue weighted by atomic mass is 10.2. The number of nitrogens with zero attached hydrogens (tertiary/aromatic N) is 5. The number of thiazole rings is 1. The Bertz CT molecular complexity index is 996. The van der Waals surface area contributed by atoms with E-state index in [4.69, 9.17) is 9.72 Å². The largest absolute Gasteiger partial charge is 0.383 e. The van der Waals surface area contributed by atoms with Gasteiger partial charge in [0.15, 0.2) is 16.6 Å². The first kappa shape index (κ1) is 20.5. The summed E-state index contributed by atoms with van der Waals surface area (Å²) in [7, 11) is 3.67. The van der Waals surface area contributed by atoms with Crippen LogP contribution in [0.3, 0.4) is 0 Å². The molecular weight excluding hydrogens is 400 g/mol. The lowest BCUT2D eigenvalue weighted by Gasteiger charge is -2.23. The summed E-state index contributed by atoms with van der Waals surface area (Å²) in [5, 5.41) is 3.90. The van der Waals surface area contributed by atoms with Crippen LogP contribution in [0.4, 0.5) is 10.9 Å². The minimum atomic E-state index is -0.211. The summed E-state index contributed by atoms with van der Waals surface area (Å²) in [6.07, 6.45) is 3.33. The van der Waals surface area contributed by atoms with Crippen LogP contribution in [0.2, 0.25) is 0 Å². The number of carbonyl (C=O) groups excluding carboxylic acids is 1. The van der Waals surface area contributed by atoms with Crippen LogP contribution in [-0.4, -0.2) is 60.8 Å². The van der Waals surface area contributed by atoms with Crippen LogP contribution in [0.15, 0.2) is 36.7 Å². The number of anilines is 2. The molecule has 30 heavy (non-hydrogen) atoms. The van der Waals surface area contributed by atoms with E-state index in [2.05, 4.69) is 20.2 Å². The van der Waals surface area contributed by atoms with Crippen LogP contribution in [0.1, 0.15) is 18.4 Å². The first-order chi connectivity index (χ1) is 14.7. The number of aromatic nitrogens is 3. The van der Waals surface area contributed by atoms with Crippen molar-refractivity contribution in [2.75, 3.05) is 43.7 Å². The van der Waals surface area contributed by atoms with Crippen molar-refractivity contribution < 1.29 is 9.53 Å². The Kier molecular flexibility index (Phi) is 6.39. The number of fused-ring (bicyclic) bond motifs is 1. The molecule has 158 valence electrons. The summed E-state index contributed by atoms with van der Waals surface area (Å²) in [5.41, 5.74) is 1.76. The fourth-order valence-electron chi connectivity index (χ4n) is 3.63. The Morgan fingerprint density at radius 2 is 2.17 bits per heavy atom. The molecule has 0 aliphatic carbocycles. The molecule has 0 saturated carbocycles. The van der Waals surface area contributed by atoms with Crippen molar-refractivity contribution in [2.45, 2.75) is 25.4 Å². The van der Waals surface area contributed by atoms with E-state index in [0.29, 0.717) is 18.8 Å². The third-order valence-electron chi connectivity index (χ3n) is 5.26. The standard InChI is InChI=1S/C21H26N6O2S/c1-26(11-12-29-2)19-17-18(23-14-24-19)25-21(30-17)27-10-6-9-16(27)20(28)22-13-15-7-4-3-5-8-15/h3-5,7-8,14,16H,6,9-13H2,1-2H3,(H,22,28)/t16-/m1/s1. The molecule has 1 aliphatic heterocycles. The molecule has 0 spiro atoms. The fourth-order valence-corrected chi connectivity index (χ4v) is 4.77. The molecule has 1 N–H and O–H groups in total. The zero-order chi connectivity index (χ0) is 20.9. The molecule has 2 aromatic heterocycles. The van der Waals surface area contributed by atoms with Gasteiger partial charge in [-0.25, -0.2) is 9.97 Å². The van der Waals surface area contributed by atoms with Gasteiger partial charge in [-0.1, -0.05) is 41.7 Å². The van der Waals surface area contributed by atoms with Crippen LogP contribution < -0.4 is 15.1 Å². The van der Waals surface area contributed by atoms with Crippen molar-refractivity contribution in [1.29, 1.82) is 0 Å². The first-order valence-corrected chi connectivity index (χ1v) is 10.9. The van der Waals surface area contributed by atoms with Crippen LogP contribution in [0, 0.1) is 0 Å². The molecule has 0 radical (unpaired) electrons. The van der Waals surface area contributed by atoms with Gasteiger partial charge in [-0.15, -0.1) is 0 Å². The van der Waals surface area contributed by atoms with E-state index in [0.717, 1.165) is 47.1 Å². The van der Waals surface area contributed by atoms with Gasteiger partial charge in [-0.3, -0.25) is 4.79 Å². The zero-order valence-corrected chi connectivity index (χ0v) is 18.1. The molecular formula is C21H26N6O2S. The number of likely N-dealkylation sites (N-methyl/N-ethyl adjacent to an activating group) is 1. The number of ether oxygens (including phenoxy) is 1. The van der Waals surface area contributed by atoms with E-state index >= 15 is 0 Å². The second-order valence-electron chi connectivity index (χ2n) is 7.32. The number of hydrogen-bond acceptors (Lipinski definition) is 8. The maximum Gasteiger partial charge on any atom is 0.243 e. The Hall–Kier alpha value is -2.78. The average Bonchev–Trinajstić information content (AvgIpc) is 3.43.